The first-order valence-corrected chi connectivity index (χ1v) is 15.6. The van der Waals surface area contributed by atoms with Gasteiger partial charge in [0.25, 0.3) is 5.91 Å². The van der Waals surface area contributed by atoms with Gasteiger partial charge in [-0.3, -0.25) is 19.7 Å². The van der Waals surface area contributed by atoms with Gasteiger partial charge in [0.1, 0.15) is 24.7 Å². The lowest BCUT2D eigenvalue weighted by Crippen LogP contribution is -2.57. The molecule has 5 amide bonds. The van der Waals surface area contributed by atoms with Crippen LogP contribution < -0.4 is 16.0 Å². The van der Waals surface area contributed by atoms with Gasteiger partial charge in [-0.25, -0.2) is 9.59 Å². The van der Waals surface area contributed by atoms with Crippen LogP contribution in [0.2, 0.25) is 0 Å². The highest BCUT2D eigenvalue weighted by atomic mass is 16.5. The van der Waals surface area contributed by atoms with E-state index in [4.69, 9.17) is 4.74 Å². The van der Waals surface area contributed by atoms with Gasteiger partial charge < -0.3 is 20.3 Å². The van der Waals surface area contributed by atoms with Gasteiger partial charge in [0, 0.05) is 19.0 Å². The Labute approximate surface area is 270 Å². The lowest BCUT2D eigenvalue weighted by Gasteiger charge is -2.30. The van der Waals surface area contributed by atoms with Crippen LogP contribution in [0.5, 0.6) is 0 Å². The third-order valence-corrected chi connectivity index (χ3v) is 8.52. The Morgan fingerprint density at radius 3 is 2.38 bits per heavy atom. The minimum absolute atomic E-state index is 0.0453. The zero-order chi connectivity index (χ0) is 32.9. The molecule has 0 saturated carbocycles. The molecular formula is C34H35N7O6. The lowest BCUT2D eigenvalue weighted by molar-refractivity contribution is -0.128. The summed E-state index contributed by atoms with van der Waals surface area (Å²) in [5.74, 6) is -1.95. The highest BCUT2D eigenvalue weighted by molar-refractivity contribution is 6.00. The molecule has 0 spiro atoms. The number of nitrogens with one attached hydrogen (secondary N) is 3. The summed E-state index contributed by atoms with van der Waals surface area (Å²) in [7, 11) is 0. The van der Waals surface area contributed by atoms with Crippen molar-refractivity contribution in [2.24, 2.45) is 5.92 Å². The summed E-state index contributed by atoms with van der Waals surface area (Å²) in [6, 6.07) is 21.6. The van der Waals surface area contributed by atoms with E-state index < -0.39 is 41.8 Å². The van der Waals surface area contributed by atoms with Crippen LogP contribution in [0.25, 0.3) is 22.2 Å². The SMILES string of the molecule is CC1CN(CC(=O)N[C@H](CCCCNC(=O)OCC2c3ccccc3-c3ccccc32)C(=O)n2nnc3ccccc32)C(=O)NC1=O. The van der Waals surface area contributed by atoms with Crippen LogP contribution in [0.4, 0.5) is 9.59 Å². The molecule has 2 aliphatic rings. The first-order chi connectivity index (χ1) is 22.8. The minimum atomic E-state index is -0.978. The number of unbranched alkanes of at least 4 members (excludes halogenated alkanes) is 1. The summed E-state index contributed by atoms with van der Waals surface area (Å²) in [6.45, 7) is 1.93. The Morgan fingerprint density at radius 2 is 1.64 bits per heavy atom. The van der Waals surface area contributed by atoms with Crippen LogP contribution in [0.1, 0.15) is 48.0 Å². The van der Waals surface area contributed by atoms with Crippen LogP contribution in [0.15, 0.2) is 72.8 Å². The number of nitrogens with zero attached hydrogens (tertiary/aromatic N) is 4. The molecule has 1 fully saturated rings. The van der Waals surface area contributed by atoms with Crippen molar-refractivity contribution in [3.05, 3.63) is 83.9 Å². The normalized spacial score (nSPS) is 16.3. The second-order valence-electron chi connectivity index (χ2n) is 11.8. The van der Waals surface area contributed by atoms with E-state index in [2.05, 4.69) is 50.5 Å². The van der Waals surface area contributed by atoms with Gasteiger partial charge in [-0.2, -0.15) is 4.68 Å². The van der Waals surface area contributed by atoms with Gasteiger partial charge in [-0.05, 0) is 53.6 Å². The Morgan fingerprint density at radius 1 is 0.957 bits per heavy atom. The van der Waals surface area contributed by atoms with E-state index in [-0.39, 0.29) is 32.0 Å². The van der Waals surface area contributed by atoms with E-state index >= 15 is 0 Å². The Hall–Kier alpha value is -5.59. The lowest BCUT2D eigenvalue weighted by atomic mass is 9.98. The molecule has 47 heavy (non-hydrogen) atoms. The van der Waals surface area contributed by atoms with Crippen molar-refractivity contribution in [2.45, 2.75) is 38.1 Å². The smallest absolute Gasteiger partial charge is 0.407 e. The number of hydrogen-bond donors (Lipinski definition) is 3. The number of amides is 5. The van der Waals surface area contributed by atoms with Crippen molar-refractivity contribution in [3.63, 3.8) is 0 Å². The second-order valence-corrected chi connectivity index (χ2v) is 11.8. The topological polar surface area (TPSA) is 165 Å². The second kappa shape index (κ2) is 13.8. The summed E-state index contributed by atoms with van der Waals surface area (Å²) >= 11 is 0. The van der Waals surface area contributed by atoms with Crippen molar-refractivity contribution in [1.29, 1.82) is 0 Å². The minimum Gasteiger partial charge on any atom is -0.449 e. The number of para-hydroxylation sites is 1. The van der Waals surface area contributed by atoms with Crippen LogP contribution >= 0.6 is 0 Å². The molecule has 3 N–H and O–H groups in total. The molecule has 1 saturated heterocycles. The van der Waals surface area contributed by atoms with Gasteiger partial charge >= 0.3 is 12.1 Å². The molecule has 2 atom stereocenters. The van der Waals surface area contributed by atoms with Crippen molar-refractivity contribution in [2.75, 3.05) is 26.2 Å². The van der Waals surface area contributed by atoms with E-state index in [1.165, 1.54) is 4.90 Å². The molecule has 4 aromatic rings. The zero-order valence-electron chi connectivity index (χ0n) is 25.8. The Kier molecular flexibility index (Phi) is 9.23. The van der Waals surface area contributed by atoms with E-state index in [0.29, 0.717) is 30.4 Å². The zero-order valence-corrected chi connectivity index (χ0v) is 25.8. The van der Waals surface area contributed by atoms with Crippen LogP contribution in [0, 0.1) is 5.92 Å². The Bertz CT molecular complexity index is 1790. The maximum absolute atomic E-state index is 13.6. The number of urea groups is 1. The predicted molar refractivity (Wildman–Crippen MR) is 171 cm³/mol. The molecule has 2 heterocycles. The molecule has 0 radical (unpaired) electrons. The van der Waals surface area contributed by atoms with Crippen molar-refractivity contribution in [3.8, 4) is 11.1 Å². The van der Waals surface area contributed by atoms with Gasteiger partial charge in [0.05, 0.1) is 11.4 Å². The standard InChI is InChI=1S/C34H35N7O6/c1-21-18-40(33(45)37-31(21)43)19-30(42)36-28(32(44)41-29-16-7-6-14-27(29)38-39-41)15-8-9-17-35-34(46)47-20-26-24-12-4-2-10-22(24)23-11-3-5-13-25(23)26/h2-7,10-14,16,21,26,28H,8-9,15,17-20H2,1H3,(H,35,46)(H,36,42)(H,37,43,45)/t21?,28-/m1/s1. The molecule has 13 heteroatoms. The third kappa shape index (κ3) is 6.83. The first kappa shape index (κ1) is 31.4. The van der Waals surface area contributed by atoms with Crippen molar-refractivity contribution in [1.82, 2.24) is 35.8 Å². The summed E-state index contributed by atoms with van der Waals surface area (Å²) in [5, 5.41) is 15.8. The molecule has 6 rings (SSSR count). The highest BCUT2D eigenvalue weighted by Gasteiger charge is 2.32. The Balaban J connectivity index is 1.02. The predicted octanol–water partition coefficient (Wildman–Crippen LogP) is 3.45. The number of hydrogen-bond acceptors (Lipinski definition) is 8. The maximum atomic E-state index is 13.6. The van der Waals surface area contributed by atoms with Gasteiger partial charge in [0.2, 0.25) is 11.8 Å². The van der Waals surface area contributed by atoms with Gasteiger partial charge in [0.15, 0.2) is 0 Å². The van der Waals surface area contributed by atoms with Crippen molar-refractivity contribution < 1.29 is 28.7 Å². The fourth-order valence-corrected chi connectivity index (χ4v) is 6.10. The number of aromatic nitrogens is 3. The molecule has 1 aliphatic carbocycles. The van der Waals surface area contributed by atoms with Crippen LogP contribution in [-0.4, -0.2) is 82.0 Å². The largest absolute Gasteiger partial charge is 0.449 e. The molecular weight excluding hydrogens is 602 g/mol. The van der Waals surface area contributed by atoms with Gasteiger partial charge in [-0.15, -0.1) is 5.10 Å². The summed E-state index contributed by atoms with van der Waals surface area (Å²) in [5.41, 5.74) is 5.58. The van der Waals surface area contributed by atoms with Crippen LogP contribution in [-0.2, 0) is 14.3 Å². The average Bonchev–Trinajstić information content (AvgIpc) is 3.65. The monoisotopic (exact) mass is 637 g/mol. The number of benzene rings is 3. The summed E-state index contributed by atoms with van der Waals surface area (Å²) in [4.78, 5) is 64.5. The highest BCUT2D eigenvalue weighted by Crippen LogP contribution is 2.44. The number of carbonyl (C=O) groups is 5. The van der Waals surface area contributed by atoms with Crippen LogP contribution in [0.3, 0.4) is 0 Å². The summed E-state index contributed by atoms with van der Waals surface area (Å²) in [6.07, 6.45) is 0.694. The molecule has 242 valence electrons. The maximum Gasteiger partial charge on any atom is 0.407 e. The van der Waals surface area contributed by atoms with Gasteiger partial charge in [-0.1, -0.05) is 72.8 Å². The molecule has 1 unspecified atom stereocenters. The van der Waals surface area contributed by atoms with E-state index in [1.807, 2.05) is 24.3 Å². The van der Waals surface area contributed by atoms with E-state index in [0.717, 1.165) is 26.9 Å². The van der Waals surface area contributed by atoms with E-state index in [1.54, 1.807) is 31.2 Å². The van der Waals surface area contributed by atoms with E-state index in [9.17, 15) is 24.0 Å². The third-order valence-electron chi connectivity index (χ3n) is 8.52. The average molecular weight is 638 g/mol. The quantitative estimate of drug-likeness (QED) is 0.211. The fourth-order valence-electron chi connectivity index (χ4n) is 6.10. The molecule has 3 aromatic carbocycles. The molecule has 1 aliphatic heterocycles. The number of alkyl carbamates (subject to hydrolysis) is 1. The number of carbonyl (C=O) groups excluding carboxylic acids is 5. The molecule has 1 aromatic heterocycles. The number of ether oxygens (including phenoxy) is 1. The number of imide groups is 1. The van der Waals surface area contributed by atoms with Crippen molar-refractivity contribution >= 4 is 40.9 Å². The number of rotatable bonds is 11. The fraction of sp³-hybridized carbons (Fsp3) is 0.324. The summed E-state index contributed by atoms with van der Waals surface area (Å²) < 4.78 is 6.76. The first-order valence-electron chi connectivity index (χ1n) is 15.6. The molecule has 0 bridgehead atoms. The number of fused-ring (bicyclic) bond motifs is 4. The molecule has 13 nitrogen and oxygen atoms in total.